The van der Waals surface area contributed by atoms with Crippen LogP contribution in [0.2, 0.25) is 0 Å². The smallest absolute Gasteiger partial charge is 0.135 e. The van der Waals surface area contributed by atoms with Crippen molar-refractivity contribution >= 4 is 5.82 Å². The minimum absolute atomic E-state index is 0.359. The second-order valence-electron chi connectivity index (χ2n) is 10.3. The fraction of sp³-hybridized carbons (Fsp3) is 0.600. The first-order chi connectivity index (χ1) is 14.2. The van der Waals surface area contributed by atoms with Crippen LogP contribution in [-0.2, 0) is 19.5 Å². The summed E-state index contributed by atoms with van der Waals surface area (Å²) < 4.78 is 0. The van der Waals surface area contributed by atoms with E-state index >= 15 is 0 Å². The first-order valence-electron chi connectivity index (χ1n) is 11.5. The van der Waals surface area contributed by atoms with Gasteiger partial charge in [-0.3, -0.25) is 4.90 Å². The van der Waals surface area contributed by atoms with Gasteiger partial charge in [-0.15, -0.1) is 0 Å². The number of hydrogen-bond acceptors (Lipinski definition) is 4. The molecule has 2 aromatic rings. The Kier molecular flexibility index (Phi) is 4.19. The highest BCUT2D eigenvalue weighted by atomic mass is 15.2. The van der Waals surface area contributed by atoms with Crippen molar-refractivity contribution in [1.82, 2.24) is 14.9 Å². The molecule has 1 aliphatic heterocycles. The maximum absolute atomic E-state index is 4.85. The lowest BCUT2D eigenvalue weighted by atomic mass is 9.52. The topological polar surface area (TPSA) is 32.3 Å². The van der Waals surface area contributed by atoms with Crippen LogP contribution < -0.4 is 4.90 Å². The molecule has 4 bridgehead atoms. The van der Waals surface area contributed by atoms with Crippen molar-refractivity contribution < 1.29 is 0 Å². The standard InChI is InChI=1S/C25H32N4/c1-28(25-12-19-9-20(13-25)11-21(10-19)14-25)24-22-7-8-29(16-23(22)26-17-27-24)15-18-5-3-2-4-6-18/h2-6,17,19-21H,7-16H2,1H3. The van der Waals surface area contributed by atoms with E-state index in [-0.39, 0.29) is 0 Å². The van der Waals surface area contributed by atoms with Crippen LogP contribution in [0.4, 0.5) is 5.82 Å². The molecule has 152 valence electrons. The molecule has 0 spiro atoms. The molecule has 4 heteroatoms. The lowest BCUT2D eigenvalue weighted by Gasteiger charge is -2.60. The van der Waals surface area contributed by atoms with Crippen LogP contribution in [-0.4, -0.2) is 34.0 Å². The van der Waals surface area contributed by atoms with Crippen molar-refractivity contribution in [3.8, 4) is 0 Å². The molecule has 0 atom stereocenters. The third-order valence-electron chi connectivity index (χ3n) is 8.35. The van der Waals surface area contributed by atoms with E-state index in [0.29, 0.717) is 5.54 Å². The molecular formula is C25H32N4. The highest BCUT2D eigenvalue weighted by Gasteiger charge is 2.53. The lowest BCUT2D eigenvalue weighted by Crippen LogP contribution is -2.59. The van der Waals surface area contributed by atoms with Gasteiger partial charge in [-0.1, -0.05) is 30.3 Å². The van der Waals surface area contributed by atoms with Gasteiger partial charge in [0.05, 0.1) is 5.69 Å². The third-order valence-corrected chi connectivity index (χ3v) is 8.35. The van der Waals surface area contributed by atoms with Gasteiger partial charge in [0, 0.05) is 37.8 Å². The minimum Gasteiger partial charge on any atom is -0.354 e. The molecular weight excluding hydrogens is 356 g/mol. The fourth-order valence-electron chi connectivity index (χ4n) is 7.36. The molecule has 5 aliphatic rings. The summed E-state index contributed by atoms with van der Waals surface area (Å²) in [5.41, 5.74) is 4.40. The molecule has 1 aromatic heterocycles. The number of rotatable bonds is 4. The number of fused-ring (bicyclic) bond motifs is 1. The van der Waals surface area contributed by atoms with E-state index in [2.05, 4.69) is 47.2 Å². The monoisotopic (exact) mass is 388 g/mol. The third kappa shape index (κ3) is 3.07. The number of hydrogen-bond donors (Lipinski definition) is 0. The summed E-state index contributed by atoms with van der Waals surface area (Å²) in [4.78, 5) is 14.7. The highest BCUT2D eigenvalue weighted by Crippen LogP contribution is 2.58. The number of anilines is 1. The zero-order valence-electron chi connectivity index (χ0n) is 17.6. The summed E-state index contributed by atoms with van der Waals surface area (Å²) in [7, 11) is 2.34. The summed E-state index contributed by atoms with van der Waals surface area (Å²) in [6.07, 6.45) is 11.5. The molecule has 0 N–H and O–H groups in total. The Bertz CT molecular complexity index is 858. The molecule has 4 saturated carbocycles. The van der Waals surface area contributed by atoms with Gasteiger partial charge in [-0.05, 0) is 68.3 Å². The Morgan fingerprint density at radius 1 is 1.00 bits per heavy atom. The number of nitrogens with zero attached hydrogens (tertiary/aromatic N) is 4. The summed E-state index contributed by atoms with van der Waals surface area (Å²) >= 11 is 0. The molecule has 4 nitrogen and oxygen atoms in total. The van der Waals surface area contributed by atoms with Gasteiger partial charge in [0.25, 0.3) is 0 Å². The van der Waals surface area contributed by atoms with Gasteiger partial charge in [0.15, 0.2) is 0 Å². The second kappa shape index (κ2) is 6.80. The van der Waals surface area contributed by atoms with Crippen LogP contribution in [0.25, 0.3) is 0 Å². The number of benzene rings is 1. The highest BCUT2D eigenvalue weighted by molar-refractivity contribution is 5.52. The molecule has 0 unspecified atom stereocenters. The Hall–Kier alpha value is -1.94. The summed E-state index contributed by atoms with van der Waals surface area (Å²) in [6, 6.07) is 10.8. The first kappa shape index (κ1) is 17.9. The summed E-state index contributed by atoms with van der Waals surface area (Å²) in [6.45, 7) is 3.04. The predicted molar refractivity (Wildman–Crippen MR) is 116 cm³/mol. The summed E-state index contributed by atoms with van der Waals surface area (Å²) in [5.74, 6) is 4.12. The fourth-order valence-corrected chi connectivity index (χ4v) is 7.36. The van der Waals surface area contributed by atoms with E-state index < -0.39 is 0 Å². The van der Waals surface area contributed by atoms with Crippen LogP contribution in [0.1, 0.15) is 55.3 Å². The molecule has 7 rings (SSSR count). The molecule has 29 heavy (non-hydrogen) atoms. The maximum atomic E-state index is 4.85. The quantitative estimate of drug-likeness (QED) is 0.775. The average Bonchev–Trinajstić information content (AvgIpc) is 2.72. The molecule has 0 radical (unpaired) electrons. The van der Waals surface area contributed by atoms with Crippen molar-refractivity contribution in [3.63, 3.8) is 0 Å². The van der Waals surface area contributed by atoms with E-state index in [4.69, 9.17) is 9.97 Å². The largest absolute Gasteiger partial charge is 0.354 e. The van der Waals surface area contributed by atoms with Crippen LogP contribution in [0.5, 0.6) is 0 Å². The Balaban J connectivity index is 1.25. The Morgan fingerprint density at radius 2 is 1.69 bits per heavy atom. The Labute approximate surface area is 174 Å². The predicted octanol–water partition coefficient (Wildman–Crippen LogP) is 4.44. The van der Waals surface area contributed by atoms with E-state index in [1.165, 1.54) is 61.2 Å². The van der Waals surface area contributed by atoms with Gasteiger partial charge in [-0.2, -0.15) is 0 Å². The second-order valence-corrected chi connectivity index (χ2v) is 10.3. The van der Waals surface area contributed by atoms with Crippen LogP contribution >= 0.6 is 0 Å². The van der Waals surface area contributed by atoms with Gasteiger partial charge < -0.3 is 4.90 Å². The van der Waals surface area contributed by atoms with E-state index in [1.807, 2.05) is 6.33 Å². The van der Waals surface area contributed by atoms with E-state index in [1.54, 1.807) is 0 Å². The van der Waals surface area contributed by atoms with E-state index in [0.717, 1.165) is 43.8 Å². The van der Waals surface area contributed by atoms with Gasteiger partial charge in [0.2, 0.25) is 0 Å². The molecule has 4 aliphatic carbocycles. The van der Waals surface area contributed by atoms with Crippen molar-refractivity contribution in [2.24, 2.45) is 17.8 Å². The molecule has 0 saturated heterocycles. The van der Waals surface area contributed by atoms with E-state index in [9.17, 15) is 0 Å². The molecule has 0 amide bonds. The zero-order valence-corrected chi connectivity index (χ0v) is 17.6. The summed E-state index contributed by atoms with van der Waals surface area (Å²) in [5, 5.41) is 0. The molecule has 4 fully saturated rings. The Morgan fingerprint density at radius 3 is 2.38 bits per heavy atom. The molecule has 1 aromatic carbocycles. The number of aromatic nitrogens is 2. The van der Waals surface area contributed by atoms with Crippen molar-refractivity contribution in [2.45, 2.75) is 63.6 Å². The normalized spacial score (nSPS) is 32.9. The van der Waals surface area contributed by atoms with Gasteiger partial charge in [0.1, 0.15) is 12.1 Å². The van der Waals surface area contributed by atoms with Gasteiger partial charge >= 0.3 is 0 Å². The van der Waals surface area contributed by atoms with Crippen LogP contribution in [0.3, 0.4) is 0 Å². The first-order valence-corrected chi connectivity index (χ1v) is 11.5. The maximum Gasteiger partial charge on any atom is 0.135 e. The minimum atomic E-state index is 0.359. The molecule has 2 heterocycles. The lowest BCUT2D eigenvalue weighted by molar-refractivity contribution is -0.00240. The van der Waals surface area contributed by atoms with Gasteiger partial charge in [-0.25, -0.2) is 9.97 Å². The van der Waals surface area contributed by atoms with Crippen molar-refractivity contribution in [2.75, 3.05) is 18.5 Å². The van der Waals surface area contributed by atoms with Crippen molar-refractivity contribution in [1.29, 1.82) is 0 Å². The average molecular weight is 389 g/mol. The zero-order chi connectivity index (χ0) is 19.4. The van der Waals surface area contributed by atoms with Crippen molar-refractivity contribution in [3.05, 3.63) is 53.5 Å². The van der Waals surface area contributed by atoms with Crippen LogP contribution in [0, 0.1) is 17.8 Å². The van der Waals surface area contributed by atoms with Crippen LogP contribution in [0.15, 0.2) is 36.7 Å². The SMILES string of the molecule is CN(c1ncnc2c1CCN(Cc1ccccc1)C2)C12CC3CC(CC(C3)C1)C2.